The predicted octanol–water partition coefficient (Wildman–Crippen LogP) is 3.84. The SMILES string of the molecule is Cc1cc(/C=C2\C(=O)ON=C2c2ccc(C(=O)O)cc2)c(C)n1-c1ccc(C(=O)O)cc1. The molecule has 0 saturated carbocycles. The molecular weight excluding hydrogens is 412 g/mol. The summed E-state index contributed by atoms with van der Waals surface area (Å²) in [5.74, 6) is -2.64. The van der Waals surface area contributed by atoms with Gasteiger partial charge in [-0.2, -0.15) is 0 Å². The molecule has 0 fully saturated rings. The van der Waals surface area contributed by atoms with Crippen molar-refractivity contribution in [1.82, 2.24) is 4.57 Å². The van der Waals surface area contributed by atoms with Crippen LogP contribution in [0.2, 0.25) is 0 Å². The van der Waals surface area contributed by atoms with Gasteiger partial charge in [-0.15, -0.1) is 0 Å². The number of aryl methyl sites for hydroxylation is 1. The van der Waals surface area contributed by atoms with Crippen molar-refractivity contribution >= 4 is 29.7 Å². The van der Waals surface area contributed by atoms with Gasteiger partial charge in [-0.25, -0.2) is 14.4 Å². The standard InChI is InChI=1S/C24H18N2O6/c1-13-11-18(14(2)26(13)19-9-7-17(8-10-19)23(29)30)12-20-21(25-32-24(20)31)15-3-5-16(6-4-15)22(27)28/h3-12H,1-2H3,(H,27,28)(H,29,30)/b20-12-. The normalized spacial score (nSPS) is 14.4. The Morgan fingerprint density at radius 1 is 0.938 bits per heavy atom. The van der Waals surface area contributed by atoms with Crippen molar-refractivity contribution in [2.45, 2.75) is 13.8 Å². The van der Waals surface area contributed by atoms with Crippen molar-refractivity contribution in [1.29, 1.82) is 0 Å². The molecule has 1 aliphatic heterocycles. The minimum atomic E-state index is -1.04. The Morgan fingerprint density at radius 2 is 1.50 bits per heavy atom. The van der Waals surface area contributed by atoms with Gasteiger partial charge in [0.1, 0.15) is 5.71 Å². The monoisotopic (exact) mass is 430 g/mol. The van der Waals surface area contributed by atoms with Gasteiger partial charge in [-0.05, 0) is 68.0 Å². The number of carboxylic acids is 2. The summed E-state index contributed by atoms with van der Waals surface area (Å²) < 4.78 is 1.96. The minimum Gasteiger partial charge on any atom is -0.478 e. The zero-order valence-corrected chi connectivity index (χ0v) is 17.2. The first-order valence-corrected chi connectivity index (χ1v) is 9.64. The fourth-order valence-electron chi connectivity index (χ4n) is 3.63. The van der Waals surface area contributed by atoms with Crippen molar-refractivity contribution in [2.24, 2.45) is 5.16 Å². The number of benzene rings is 2. The van der Waals surface area contributed by atoms with Gasteiger partial charge in [0.25, 0.3) is 0 Å². The smallest absolute Gasteiger partial charge is 0.368 e. The number of aromatic carboxylic acids is 2. The van der Waals surface area contributed by atoms with Gasteiger partial charge in [-0.1, -0.05) is 17.3 Å². The van der Waals surface area contributed by atoms with Crippen molar-refractivity contribution in [3.63, 3.8) is 0 Å². The number of carbonyl (C=O) groups excluding carboxylic acids is 1. The van der Waals surface area contributed by atoms with Crippen LogP contribution in [0, 0.1) is 13.8 Å². The van der Waals surface area contributed by atoms with Crippen molar-refractivity contribution < 1.29 is 29.4 Å². The second-order valence-corrected chi connectivity index (χ2v) is 7.27. The molecule has 0 saturated heterocycles. The first-order valence-electron chi connectivity index (χ1n) is 9.64. The Labute approximate surface area is 182 Å². The van der Waals surface area contributed by atoms with E-state index in [1.54, 1.807) is 30.3 Å². The average molecular weight is 430 g/mol. The average Bonchev–Trinajstić information content (AvgIpc) is 3.27. The summed E-state index contributed by atoms with van der Waals surface area (Å²) in [4.78, 5) is 39.4. The lowest BCUT2D eigenvalue weighted by Crippen LogP contribution is -2.07. The van der Waals surface area contributed by atoms with Crippen LogP contribution in [0.15, 0.2) is 65.3 Å². The maximum Gasteiger partial charge on any atom is 0.368 e. The number of hydrogen-bond acceptors (Lipinski definition) is 5. The fourth-order valence-corrected chi connectivity index (χ4v) is 3.63. The van der Waals surface area contributed by atoms with E-state index in [-0.39, 0.29) is 16.7 Å². The minimum absolute atomic E-state index is 0.127. The largest absolute Gasteiger partial charge is 0.478 e. The lowest BCUT2D eigenvalue weighted by molar-refractivity contribution is -0.136. The van der Waals surface area contributed by atoms with Gasteiger partial charge in [0, 0.05) is 22.6 Å². The lowest BCUT2D eigenvalue weighted by Gasteiger charge is -2.10. The summed E-state index contributed by atoms with van der Waals surface area (Å²) in [5.41, 5.74) is 4.77. The summed E-state index contributed by atoms with van der Waals surface area (Å²) in [5, 5.41) is 22.1. The number of carbonyl (C=O) groups is 3. The number of rotatable bonds is 5. The van der Waals surface area contributed by atoms with Gasteiger partial charge in [0.15, 0.2) is 0 Å². The summed E-state index contributed by atoms with van der Waals surface area (Å²) in [7, 11) is 0. The highest BCUT2D eigenvalue weighted by molar-refractivity contribution is 6.31. The van der Waals surface area contributed by atoms with Crippen molar-refractivity contribution in [3.05, 3.63) is 93.8 Å². The topological polar surface area (TPSA) is 118 Å². The van der Waals surface area contributed by atoms with Crippen LogP contribution in [-0.2, 0) is 9.63 Å². The highest BCUT2D eigenvalue weighted by Gasteiger charge is 2.27. The maximum absolute atomic E-state index is 12.4. The zero-order chi connectivity index (χ0) is 23.0. The van der Waals surface area contributed by atoms with Gasteiger partial charge in [0.2, 0.25) is 0 Å². The quantitative estimate of drug-likeness (QED) is 0.469. The molecule has 32 heavy (non-hydrogen) atoms. The first-order chi connectivity index (χ1) is 15.3. The Kier molecular flexibility index (Phi) is 5.19. The fraction of sp³-hybridized carbons (Fsp3) is 0.0833. The Bertz CT molecular complexity index is 1310. The number of oxime groups is 1. The summed E-state index contributed by atoms with van der Waals surface area (Å²) in [6, 6.07) is 14.5. The number of carboxylic acid groups (broad SMARTS) is 2. The van der Waals surface area contributed by atoms with Crippen molar-refractivity contribution in [2.75, 3.05) is 0 Å². The van der Waals surface area contributed by atoms with E-state index < -0.39 is 17.9 Å². The Hall–Kier alpha value is -4.46. The highest BCUT2D eigenvalue weighted by Crippen LogP contribution is 2.26. The molecule has 2 heterocycles. The first kappa shape index (κ1) is 20.8. The Balaban J connectivity index is 1.72. The molecule has 8 heteroatoms. The van der Waals surface area contributed by atoms with Gasteiger partial charge in [0.05, 0.1) is 16.7 Å². The van der Waals surface area contributed by atoms with Crippen LogP contribution in [0.25, 0.3) is 11.8 Å². The summed E-state index contributed by atoms with van der Waals surface area (Å²) in [6.07, 6.45) is 1.68. The second kappa shape index (κ2) is 7.99. The lowest BCUT2D eigenvalue weighted by atomic mass is 9.99. The number of aromatic nitrogens is 1. The van der Waals surface area contributed by atoms with Crippen LogP contribution in [0.5, 0.6) is 0 Å². The molecule has 0 atom stereocenters. The van der Waals surface area contributed by atoms with E-state index in [1.807, 2.05) is 24.5 Å². The van der Waals surface area contributed by atoms with Crippen LogP contribution < -0.4 is 0 Å². The van der Waals surface area contributed by atoms with E-state index in [9.17, 15) is 14.4 Å². The maximum atomic E-state index is 12.4. The van der Waals surface area contributed by atoms with Crippen LogP contribution >= 0.6 is 0 Å². The molecule has 2 N–H and O–H groups in total. The molecule has 1 aromatic heterocycles. The van der Waals surface area contributed by atoms with E-state index >= 15 is 0 Å². The molecule has 0 spiro atoms. The zero-order valence-electron chi connectivity index (χ0n) is 17.2. The van der Waals surface area contributed by atoms with Crippen LogP contribution in [-0.4, -0.2) is 38.4 Å². The molecule has 0 radical (unpaired) electrons. The van der Waals surface area contributed by atoms with E-state index in [0.717, 1.165) is 22.6 Å². The molecule has 2 aromatic carbocycles. The molecule has 160 valence electrons. The number of hydrogen-bond donors (Lipinski definition) is 2. The second-order valence-electron chi connectivity index (χ2n) is 7.27. The van der Waals surface area contributed by atoms with E-state index in [0.29, 0.717) is 11.3 Å². The van der Waals surface area contributed by atoms with Gasteiger partial charge < -0.3 is 19.6 Å². The predicted molar refractivity (Wildman–Crippen MR) is 116 cm³/mol. The molecule has 4 rings (SSSR count). The van der Waals surface area contributed by atoms with Crippen molar-refractivity contribution in [3.8, 4) is 5.69 Å². The molecule has 0 unspecified atom stereocenters. The van der Waals surface area contributed by atoms with Gasteiger partial charge in [-0.3, -0.25) is 0 Å². The molecule has 0 bridgehead atoms. The molecular formula is C24H18N2O6. The molecule has 3 aromatic rings. The summed E-state index contributed by atoms with van der Waals surface area (Å²) >= 11 is 0. The third kappa shape index (κ3) is 3.69. The van der Waals surface area contributed by atoms with Crippen LogP contribution in [0.1, 0.15) is 43.2 Å². The highest BCUT2D eigenvalue weighted by atomic mass is 16.7. The Morgan fingerprint density at radius 3 is 2.06 bits per heavy atom. The number of nitrogens with zero attached hydrogens (tertiary/aromatic N) is 2. The molecule has 1 aliphatic rings. The van der Waals surface area contributed by atoms with E-state index in [2.05, 4.69) is 5.16 Å². The van der Waals surface area contributed by atoms with E-state index in [4.69, 9.17) is 15.1 Å². The molecule has 8 nitrogen and oxygen atoms in total. The summed E-state index contributed by atoms with van der Waals surface area (Å²) in [6.45, 7) is 3.80. The van der Waals surface area contributed by atoms with Crippen LogP contribution in [0.3, 0.4) is 0 Å². The van der Waals surface area contributed by atoms with Gasteiger partial charge >= 0.3 is 17.9 Å². The van der Waals surface area contributed by atoms with E-state index in [1.165, 1.54) is 24.3 Å². The third-order valence-corrected chi connectivity index (χ3v) is 5.24. The molecule has 0 amide bonds. The molecule has 0 aliphatic carbocycles. The van der Waals surface area contributed by atoms with Crippen LogP contribution in [0.4, 0.5) is 0 Å². The third-order valence-electron chi connectivity index (χ3n) is 5.24.